The van der Waals surface area contributed by atoms with E-state index in [4.69, 9.17) is 9.57 Å². The molecule has 0 aliphatic heterocycles. The Kier molecular flexibility index (Phi) is 4.36. The molecule has 0 fully saturated rings. The Morgan fingerprint density at radius 2 is 1.56 bits per heavy atom. The Balaban J connectivity index is 2.07. The molecule has 0 heterocycles. The fourth-order valence-corrected chi connectivity index (χ4v) is 1.55. The van der Waals surface area contributed by atoms with E-state index in [-0.39, 0.29) is 0 Å². The second-order valence-corrected chi connectivity index (χ2v) is 3.72. The van der Waals surface area contributed by atoms with Crippen LogP contribution in [0, 0.1) is 0 Å². The SMILES string of the molecule is CON=C(OCc1ccccc1)c1ccccc1. The van der Waals surface area contributed by atoms with Gasteiger partial charge >= 0.3 is 0 Å². The Hall–Kier alpha value is -2.29. The van der Waals surface area contributed by atoms with Crippen LogP contribution in [0.15, 0.2) is 65.8 Å². The molecule has 0 saturated heterocycles. The van der Waals surface area contributed by atoms with Crippen molar-refractivity contribution in [3.63, 3.8) is 0 Å². The van der Waals surface area contributed by atoms with Gasteiger partial charge in [-0.25, -0.2) is 0 Å². The Morgan fingerprint density at radius 1 is 0.944 bits per heavy atom. The maximum absolute atomic E-state index is 5.68. The van der Waals surface area contributed by atoms with Crippen molar-refractivity contribution in [1.29, 1.82) is 0 Å². The summed E-state index contributed by atoms with van der Waals surface area (Å²) in [6.07, 6.45) is 0. The van der Waals surface area contributed by atoms with E-state index in [0.29, 0.717) is 12.5 Å². The summed E-state index contributed by atoms with van der Waals surface area (Å²) in [5.41, 5.74) is 1.99. The molecule has 2 rings (SSSR count). The Labute approximate surface area is 107 Å². The molecule has 0 aromatic heterocycles. The molecule has 18 heavy (non-hydrogen) atoms. The van der Waals surface area contributed by atoms with E-state index in [1.807, 2.05) is 60.7 Å². The van der Waals surface area contributed by atoms with Crippen LogP contribution < -0.4 is 0 Å². The van der Waals surface area contributed by atoms with E-state index in [2.05, 4.69) is 5.16 Å². The van der Waals surface area contributed by atoms with Gasteiger partial charge in [0, 0.05) is 5.56 Å². The van der Waals surface area contributed by atoms with Gasteiger partial charge in [0.15, 0.2) is 0 Å². The highest BCUT2D eigenvalue weighted by Crippen LogP contribution is 2.07. The molecular formula is C15H15NO2. The van der Waals surface area contributed by atoms with E-state index in [1.165, 1.54) is 7.11 Å². The van der Waals surface area contributed by atoms with E-state index in [9.17, 15) is 0 Å². The molecule has 0 radical (unpaired) electrons. The third-order valence-corrected chi connectivity index (χ3v) is 2.41. The van der Waals surface area contributed by atoms with Crippen LogP contribution in [0.3, 0.4) is 0 Å². The van der Waals surface area contributed by atoms with E-state index in [0.717, 1.165) is 11.1 Å². The minimum absolute atomic E-state index is 0.470. The van der Waals surface area contributed by atoms with Crippen molar-refractivity contribution in [3.8, 4) is 0 Å². The van der Waals surface area contributed by atoms with Gasteiger partial charge in [-0.1, -0.05) is 48.5 Å². The highest BCUT2D eigenvalue weighted by molar-refractivity contribution is 5.93. The predicted molar refractivity (Wildman–Crippen MR) is 71.2 cm³/mol. The first-order chi connectivity index (χ1) is 8.90. The summed E-state index contributed by atoms with van der Waals surface area (Å²) in [5, 5.41) is 3.90. The first-order valence-corrected chi connectivity index (χ1v) is 5.73. The van der Waals surface area contributed by atoms with Crippen LogP contribution in [0.2, 0.25) is 0 Å². The van der Waals surface area contributed by atoms with Crippen molar-refractivity contribution in [2.45, 2.75) is 6.61 Å². The summed E-state index contributed by atoms with van der Waals surface area (Å²) >= 11 is 0. The highest BCUT2D eigenvalue weighted by atomic mass is 16.6. The normalized spacial score (nSPS) is 11.1. The van der Waals surface area contributed by atoms with Gasteiger partial charge in [-0.2, -0.15) is 0 Å². The fourth-order valence-electron chi connectivity index (χ4n) is 1.55. The predicted octanol–water partition coefficient (Wildman–Crippen LogP) is 3.21. The minimum atomic E-state index is 0.470. The zero-order chi connectivity index (χ0) is 12.6. The smallest absolute Gasteiger partial charge is 0.257 e. The second kappa shape index (κ2) is 6.45. The molecule has 92 valence electrons. The van der Waals surface area contributed by atoms with E-state index >= 15 is 0 Å². The van der Waals surface area contributed by atoms with Gasteiger partial charge in [0.1, 0.15) is 13.7 Å². The van der Waals surface area contributed by atoms with Gasteiger partial charge in [-0.05, 0) is 22.9 Å². The van der Waals surface area contributed by atoms with E-state index in [1.54, 1.807) is 0 Å². The molecule has 3 nitrogen and oxygen atoms in total. The molecule has 0 spiro atoms. The molecule has 0 unspecified atom stereocenters. The van der Waals surface area contributed by atoms with Gasteiger partial charge in [0.2, 0.25) is 0 Å². The molecule has 2 aromatic carbocycles. The van der Waals surface area contributed by atoms with Crippen molar-refractivity contribution in [2.75, 3.05) is 7.11 Å². The third-order valence-electron chi connectivity index (χ3n) is 2.41. The topological polar surface area (TPSA) is 30.8 Å². The maximum Gasteiger partial charge on any atom is 0.257 e. The monoisotopic (exact) mass is 241 g/mol. The number of hydrogen-bond donors (Lipinski definition) is 0. The summed E-state index contributed by atoms with van der Waals surface area (Å²) < 4.78 is 5.68. The van der Waals surface area contributed by atoms with Crippen molar-refractivity contribution in [3.05, 3.63) is 71.8 Å². The lowest BCUT2D eigenvalue weighted by atomic mass is 10.2. The van der Waals surface area contributed by atoms with Crippen LogP contribution in [0.4, 0.5) is 0 Å². The van der Waals surface area contributed by atoms with Gasteiger partial charge < -0.3 is 9.57 Å². The van der Waals surface area contributed by atoms with Crippen molar-refractivity contribution in [1.82, 2.24) is 0 Å². The summed E-state index contributed by atoms with van der Waals surface area (Å²) in [7, 11) is 1.51. The average molecular weight is 241 g/mol. The Bertz CT molecular complexity index is 494. The lowest BCUT2D eigenvalue weighted by Gasteiger charge is -2.08. The van der Waals surface area contributed by atoms with Crippen LogP contribution in [0.1, 0.15) is 11.1 Å². The number of ether oxygens (including phenoxy) is 1. The minimum Gasteiger partial charge on any atom is -0.470 e. The molecule has 0 aliphatic rings. The van der Waals surface area contributed by atoms with Gasteiger partial charge in [0.05, 0.1) is 0 Å². The van der Waals surface area contributed by atoms with Crippen LogP contribution in [0.25, 0.3) is 0 Å². The standard InChI is InChI=1S/C15H15NO2/c1-17-16-15(14-10-6-3-7-11-14)18-12-13-8-4-2-5-9-13/h2-11H,12H2,1H3. The quantitative estimate of drug-likeness (QED) is 0.467. The lowest BCUT2D eigenvalue weighted by molar-refractivity contribution is 0.188. The number of benzene rings is 2. The van der Waals surface area contributed by atoms with Crippen molar-refractivity contribution < 1.29 is 9.57 Å². The lowest BCUT2D eigenvalue weighted by Crippen LogP contribution is -2.07. The number of nitrogens with zero attached hydrogens (tertiary/aromatic N) is 1. The van der Waals surface area contributed by atoms with E-state index < -0.39 is 0 Å². The molecule has 0 saturated carbocycles. The van der Waals surface area contributed by atoms with Crippen LogP contribution in [0.5, 0.6) is 0 Å². The molecule has 0 bridgehead atoms. The molecule has 3 heteroatoms. The highest BCUT2D eigenvalue weighted by Gasteiger charge is 2.05. The zero-order valence-electron chi connectivity index (χ0n) is 10.2. The largest absolute Gasteiger partial charge is 0.470 e. The Morgan fingerprint density at radius 3 is 2.17 bits per heavy atom. The van der Waals surface area contributed by atoms with Crippen LogP contribution in [-0.4, -0.2) is 13.0 Å². The van der Waals surface area contributed by atoms with Gasteiger partial charge in [0.25, 0.3) is 5.90 Å². The summed E-state index contributed by atoms with van der Waals surface area (Å²) in [4.78, 5) is 4.81. The van der Waals surface area contributed by atoms with Crippen LogP contribution in [-0.2, 0) is 16.2 Å². The first kappa shape index (κ1) is 12.2. The van der Waals surface area contributed by atoms with Crippen molar-refractivity contribution in [2.24, 2.45) is 5.16 Å². The molecule has 0 atom stereocenters. The third kappa shape index (κ3) is 3.35. The molecular weight excluding hydrogens is 226 g/mol. The number of oxime groups is 1. The summed E-state index contributed by atoms with van der Waals surface area (Å²) in [6, 6.07) is 19.6. The molecule has 0 N–H and O–H groups in total. The molecule has 2 aromatic rings. The van der Waals surface area contributed by atoms with Crippen LogP contribution >= 0.6 is 0 Å². The fraction of sp³-hybridized carbons (Fsp3) is 0.133. The summed E-state index contributed by atoms with van der Waals surface area (Å²) in [5.74, 6) is 0.488. The number of hydrogen-bond acceptors (Lipinski definition) is 3. The van der Waals surface area contributed by atoms with Gasteiger partial charge in [-0.3, -0.25) is 0 Å². The first-order valence-electron chi connectivity index (χ1n) is 5.73. The molecule has 0 aliphatic carbocycles. The summed E-state index contributed by atoms with van der Waals surface area (Å²) in [6.45, 7) is 0.470. The molecule has 0 amide bonds. The zero-order valence-corrected chi connectivity index (χ0v) is 10.2. The second-order valence-electron chi connectivity index (χ2n) is 3.72. The average Bonchev–Trinajstić information content (AvgIpc) is 2.45. The number of rotatable bonds is 4. The van der Waals surface area contributed by atoms with Crippen molar-refractivity contribution >= 4 is 5.90 Å². The maximum atomic E-state index is 5.68. The van der Waals surface area contributed by atoms with Gasteiger partial charge in [-0.15, -0.1) is 0 Å².